The number of carbonyl (C=O) groups is 1. The second kappa shape index (κ2) is 4.20. The molecule has 0 spiro atoms. The Morgan fingerprint density at radius 2 is 1.88 bits per heavy atom. The van der Waals surface area contributed by atoms with Gasteiger partial charge in [0.1, 0.15) is 0 Å². The van der Waals surface area contributed by atoms with Crippen LogP contribution >= 0.6 is 0 Å². The smallest absolute Gasteiger partial charge is 0.397 e. The summed E-state index contributed by atoms with van der Waals surface area (Å²) >= 11 is 0. The molecule has 16 heavy (non-hydrogen) atoms. The highest BCUT2D eigenvalue weighted by Gasteiger charge is 2.46. The summed E-state index contributed by atoms with van der Waals surface area (Å²) in [7, 11) is 0. The molecule has 2 nitrogen and oxygen atoms in total. The molecular weight excluding hydrogens is 214 g/mol. The van der Waals surface area contributed by atoms with Crippen molar-refractivity contribution in [3.8, 4) is 0 Å². The van der Waals surface area contributed by atoms with Crippen molar-refractivity contribution in [3.05, 3.63) is 35.9 Å². The summed E-state index contributed by atoms with van der Waals surface area (Å²) in [4.78, 5) is 11.4. The fraction of sp³-hybridized carbons (Fsp3) is 0.417. The lowest BCUT2D eigenvalue weighted by Crippen LogP contribution is -2.37. The van der Waals surface area contributed by atoms with E-state index in [-0.39, 0.29) is 5.56 Å². The molecule has 2 rings (SSSR count). The van der Waals surface area contributed by atoms with Gasteiger partial charge in [-0.15, -0.1) is 0 Å². The number of rotatable bonds is 3. The zero-order valence-electron chi connectivity index (χ0n) is 8.66. The number of hydrogen-bond donors (Lipinski definition) is 0. The quantitative estimate of drug-likeness (QED) is 0.739. The summed E-state index contributed by atoms with van der Waals surface area (Å²) in [6, 6.07) is 7.84. The van der Waals surface area contributed by atoms with Crippen molar-refractivity contribution in [2.75, 3.05) is 0 Å². The molecule has 0 aliphatic heterocycles. The molecule has 0 aromatic heterocycles. The van der Waals surface area contributed by atoms with E-state index in [1.165, 1.54) is 12.1 Å². The summed E-state index contributed by atoms with van der Waals surface area (Å²) in [6.45, 7) is 0. The van der Waals surface area contributed by atoms with Crippen LogP contribution in [0.2, 0.25) is 0 Å². The Bertz CT molecular complexity index is 372. The van der Waals surface area contributed by atoms with E-state index in [2.05, 4.69) is 4.74 Å². The third-order valence-electron chi connectivity index (χ3n) is 2.82. The van der Waals surface area contributed by atoms with E-state index in [1.54, 1.807) is 18.2 Å². The Hall–Kier alpha value is -1.45. The van der Waals surface area contributed by atoms with Crippen LogP contribution < -0.4 is 0 Å². The molecule has 1 saturated carbocycles. The van der Waals surface area contributed by atoms with Gasteiger partial charge in [0, 0.05) is 0 Å². The van der Waals surface area contributed by atoms with Crippen LogP contribution in [0.4, 0.5) is 8.78 Å². The van der Waals surface area contributed by atoms with Gasteiger partial charge in [-0.3, -0.25) is 0 Å². The summed E-state index contributed by atoms with van der Waals surface area (Å²) < 4.78 is 31.0. The summed E-state index contributed by atoms with van der Waals surface area (Å²) in [6.07, 6.45) is -1.70. The molecule has 0 unspecified atom stereocenters. The van der Waals surface area contributed by atoms with Crippen LogP contribution in [0.5, 0.6) is 0 Å². The maximum absolute atomic E-state index is 13.4. The number of carbonyl (C=O) groups excluding carboxylic acids is 1. The van der Waals surface area contributed by atoms with E-state index < -0.39 is 18.0 Å². The minimum absolute atomic E-state index is 0.154. The highest BCUT2D eigenvalue weighted by atomic mass is 19.3. The first-order valence-electron chi connectivity index (χ1n) is 5.26. The lowest BCUT2D eigenvalue weighted by Gasteiger charge is -2.32. The summed E-state index contributed by atoms with van der Waals surface area (Å²) in [5, 5.41) is 0. The molecule has 1 aliphatic carbocycles. The van der Waals surface area contributed by atoms with Gasteiger partial charge in [-0.25, -0.2) is 4.79 Å². The van der Waals surface area contributed by atoms with Crippen molar-refractivity contribution < 1.29 is 18.3 Å². The number of alkyl halides is 2. The fourth-order valence-electron chi connectivity index (χ4n) is 1.58. The Kier molecular flexibility index (Phi) is 2.90. The standard InChI is InChI=1S/C12H12F2O2/c13-12(14,10-7-4-8-10)16-11(15)9-5-2-1-3-6-9/h1-3,5-6,10H,4,7-8H2. The highest BCUT2D eigenvalue weighted by Crippen LogP contribution is 2.40. The number of halogens is 2. The van der Waals surface area contributed by atoms with Crippen molar-refractivity contribution in [2.45, 2.75) is 25.4 Å². The van der Waals surface area contributed by atoms with Gasteiger partial charge in [0.15, 0.2) is 0 Å². The number of ether oxygens (including phenoxy) is 1. The summed E-state index contributed by atoms with van der Waals surface area (Å²) in [5.74, 6) is -1.77. The maximum Gasteiger partial charge on any atom is 0.402 e. The van der Waals surface area contributed by atoms with E-state index in [1.807, 2.05) is 0 Å². The second-order valence-electron chi connectivity index (χ2n) is 3.95. The monoisotopic (exact) mass is 226 g/mol. The fourth-order valence-corrected chi connectivity index (χ4v) is 1.58. The van der Waals surface area contributed by atoms with Crippen molar-refractivity contribution >= 4 is 5.97 Å². The van der Waals surface area contributed by atoms with Crippen molar-refractivity contribution in [3.63, 3.8) is 0 Å². The molecule has 0 N–H and O–H groups in total. The van der Waals surface area contributed by atoms with Gasteiger partial charge >= 0.3 is 12.1 Å². The van der Waals surface area contributed by atoms with Gasteiger partial charge < -0.3 is 4.74 Å². The van der Waals surface area contributed by atoms with Gasteiger partial charge in [0.2, 0.25) is 0 Å². The van der Waals surface area contributed by atoms with Crippen molar-refractivity contribution in [2.24, 2.45) is 5.92 Å². The average molecular weight is 226 g/mol. The number of esters is 1. The van der Waals surface area contributed by atoms with E-state index in [9.17, 15) is 13.6 Å². The number of benzene rings is 1. The second-order valence-corrected chi connectivity index (χ2v) is 3.95. The topological polar surface area (TPSA) is 26.3 Å². The van der Waals surface area contributed by atoms with Gasteiger partial charge in [-0.1, -0.05) is 24.6 Å². The summed E-state index contributed by atoms with van der Waals surface area (Å²) in [5.41, 5.74) is 0.154. The Balaban J connectivity index is 2.01. The molecule has 4 heteroatoms. The molecule has 1 fully saturated rings. The van der Waals surface area contributed by atoms with Crippen LogP contribution in [0, 0.1) is 5.92 Å². The molecule has 0 amide bonds. The Morgan fingerprint density at radius 3 is 2.38 bits per heavy atom. The predicted molar refractivity (Wildman–Crippen MR) is 54.1 cm³/mol. The normalized spacial score (nSPS) is 16.6. The van der Waals surface area contributed by atoms with Gasteiger partial charge in [-0.2, -0.15) is 8.78 Å². The Morgan fingerprint density at radius 1 is 1.25 bits per heavy atom. The Labute approximate surface area is 92.2 Å². The van der Waals surface area contributed by atoms with Gasteiger partial charge in [-0.05, 0) is 25.0 Å². The van der Waals surface area contributed by atoms with Crippen LogP contribution in [0.1, 0.15) is 29.6 Å². The zero-order valence-corrected chi connectivity index (χ0v) is 8.66. The largest absolute Gasteiger partial charge is 0.402 e. The van der Waals surface area contributed by atoms with Crippen LogP contribution in [-0.4, -0.2) is 12.1 Å². The highest BCUT2D eigenvalue weighted by molar-refractivity contribution is 5.89. The first-order chi connectivity index (χ1) is 7.59. The van der Waals surface area contributed by atoms with Crippen molar-refractivity contribution in [1.29, 1.82) is 0 Å². The molecule has 0 heterocycles. The minimum atomic E-state index is -3.33. The molecule has 1 aromatic rings. The van der Waals surface area contributed by atoms with Crippen LogP contribution in [0.15, 0.2) is 30.3 Å². The third-order valence-corrected chi connectivity index (χ3v) is 2.82. The van der Waals surface area contributed by atoms with E-state index >= 15 is 0 Å². The molecule has 0 saturated heterocycles. The van der Waals surface area contributed by atoms with E-state index in [0.717, 1.165) is 6.42 Å². The lowest BCUT2D eigenvalue weighted by molar-refractivity contribution is -0.250. The number of hydrogen-bond acceptors (Lipinski definition) is 2. The molecule has 0 bridgehead atoms. The molecule has 86 valence electrons. The van der Waals surface area contributed by atoms with Crippen LogP contribution in [0.25, 0.3) is 0 Å². The molecule has 1 aromatic carbocycles. The predicted octanol–water partition coefficient (Wildman–Crippen LogP) is 3.24. The molecule has 0 radical (unpaired) electrons. The van der Waals surface area contributed by atoms with Gasteiger partial charge in [0.25, 0.3) is 0 Å². The van der Waals surface area contributed by atoms with Gasteiger partial charge in [0.05, 0.1) is 11.5 Å². The first-order valence-corrected chi connectivity index (χ1v) is 5.26. The zero-order chi connectivity index (χ0) is 11.6. The van der Waals surface area contributed by atoms with E-state index in [4.69, 9.17) is 0 Å². The maximum atomic E-state index is 13.4. The molecular formula is C12H12F2O2. The van der Waals surface area contributed by atoms with E-state index in [0.29, 0.717) is 12.8 Å². The van der Waals surface area contributed by atoms with Crippen LogP contribution in [0.3, 0.4) is 0 Å². The lowest BCUT2D eigenvalue weighted by atomic mass is 9.84. The SMILES string of the molecule is O=C(OC(F)(F)C1CCC1)c1ccccc1. The van der Waals surface area contributed by atoms with Crippen molar-refractivity contribution in [1.82, 2.24) is 0 Å². The third kappa shape index (κ3) is 2.21. The van der Waals surface area contributed by atoms with Crippen LogP contribution in [-0.2, 0) is 4.74 Å². The molecule has 0 atom stereocenters. The minimum Gasteiger partial charge on any atom is -0.397 e. The first kappa shape index (κ1) is 11.0. The molecule has 1 aliphatic rings. The average Bonchev–Trinajstić information content (AvgIpc) is 2.14.